The Morgan fingerprint density at radius 3 is 2.57 bits per heavy atom. The fourth-order valence-corrected chi connectivity index (χ4v) is 4.44. The van der Waals surface area contributed by atoms with Gasteiger partial charge < -0.3 is 5.32 Å². The number of carbonyl (C=O) groups is 2. The maximum absolute atomic E-state index is 14.3. The minimum Gasteiger partial charge on any atom is -0.322 e. The van der Waals surface area contributed by atoms with Gasteiger partial charge in [-0.3, -0.25) is 14.5 Å². The zero-order chi connectivity index (χ0) is 21.3. The van der Waals surface area contributed by atoms with Gasteiger partial charge in [0.2, 0.25) is 5.91 Å². The Morgan fingerprint density at radius 2 is 1.83 bits per heavy atom. The molecule has 1 aliphatic heterocycles. The molecular formula is C23H18F2N2O2S. The van der Waals surface area contributed by atoms with Gasteiger partial charge in [0.25, 0.3) is 5.91 Å². The normalized spacial score (nSPS) is 16.0. The second-order valence-electron chi connectivity index (χ2n) is 6.97. The number of thioether (sulfide) groups is 1. The number of nitrogens with zero attached hydrogens (tertiary/aromatic N) is 1. The molecule has 1 aliphatic rings. The lowest BCUT2D eigenvalue weighted by Crippen LogP contribution is -2.28. The van der Waals surface area contributed by atoms with Gasteiger partial charge in [-0.1, -0.05) is 29.8 Å². The van der Waals surface area contributed by atoms with Crippen LogP contribution in [0.3, 0.4) is 0 Å². The molecule has 3 aromatic carbocycles. The first-order chi connectivity index (χ1) is 14.4. The molecule has 152 valence electrons. The van der Waals surface area contributed by atoms with E-state index in [9.17, 15) is 18.4 Å². The zero-order valence-corrected chi connectivity index (χ0v) is 16.9. The number of carbonyl (C=O) groups excluding carboxylic acids is 2. The fraction of sp³-hybridized carbons (Fsp3) is 0.130. The van der Waals surface area contributed by atoms with Gasteiger partial charge in [-0.05, 0) is 48.9 Å². The monoisotopic (exact) mass is 424 g/mol. The van der Waals surface area contributed by atoms with Crippen LogP contribution in [-0.2, 0) is 4.79 Å². The van der Waals surface area contributed by atoms with Crippen LogP contribution in [0, 0.1) is 18.6 Å². The second kappa shape index (κ2) is 8.28. The molecule has 1 atom stereocenters. The summed E-state index contributed by atoms with van der Waals surface area (Å²) in [7, 11) is 0. The van der Waals surface area contributed by atoms with Gasteiger partial charge in [0.1, 0.15) is 17.0 Å². The predicted octanol–water partition coefficient (Wildman–Crippen LogP) is 5.30. The molecule has 1 unspecified atom stereocenters. The average molecular weight is 424 g/mol. The van der Waals surface area contributed by atoms with Crippen molar-refractivity contribution in [2.24, 2.45) is 0 Å². The van der Waals surface area contributed by atoms with Gasteiger partial charge >= 0.3 is 0 Å². The zero-order valence-electron chi connectivity index (χ0n) is 16.1. The van der Waals surface area contributed by atoms with E-state index in [0.717, 1.165) is 23.3 Å². The van der Waals surface area contributed by atoms with E-state index in [-0.39, 0.29) is 23.3 Å². The number of aryl methyl sites for hydroxylation is 1. The summed E-state index contributed by atoms with van der Waals surface area (Å²) < 4.78 is 27.6. The standard InChI is InChI=1S/C23H18F2N2O2S/c1-14-5-7-15(8-6-14)22(29)26-18-4-2-3-16(11-18)23-27(21(28)13-30-23)20-10-9-17(24)12-19(20)25/h2-12,23H,13H2,1H3,(H,26,29). The molecule has 0 radical (unpaired) electrons. The van der Waals surface area contributed by atoms with E-state index in [0.29, 0.717) is 11.3 Å². The molecule has 1 N–H and O–H groups in total. The van der Waals surface area contributed by atoms with Crippen molar-refractivity contribution in [2.75, 3.05) is 16.0 Å². The van der Waals surface area contributed by atoms with E-state index in [1.165, 1.54) is 22.7 Å². The van der Waals surface area contributed by atoms with Crippen molar-refractivity contribution in [3.05, 3.63) is 95.1 Å². The lowest BCUT2D eigenvalue weighted by Gasteiger charge is -2.25. The van der Waals surface area contributed by atoms with E-state index in [4.69, 9.17) is 0 Å². The first kappa shape index (κ1) is 20.1. The lowest BCUT2D eigenvalue weighted by molar-refractivity contribution is -0.115. The van der Waals surface area contributed by atoms with E-state index >= 15 is 0 Å². The number of hydrogen-bond acceptors (Lipinski definition) is 3. The quantitative estimate of drug-likeness (QED) is 0.618. The Labute approximate surface area is 176 Å². The van der Waals surface area contributed by atoms with E-state index < -0.39 is 17.0 Å². The van der Waals surface area contributed by atoms with Gasteiger partial charge in [-0.25, -0.2) is 8.78 Å². The highest BCUT2D eigenvalue weighted by Crippen LogP contribution is 2.43. The fourth-order valence-electron chi connectivity index (χ4n) is 3.29. The summed E-state index contributed by atoms with van der Waals surface area (Å²) in [5.41, 5.74) is 2.93. The second-order valence-corrected chi connectivity index (χ2v) is 8.04. The van der Waals surface area contributed by atoms with Crippen LogP contribution in [0.1, 0.15) is 26.9 Å². The average Bonchev–Trinajstić information content (AvgIpc) is 3.10. The molecule has 7 heteroatoms. The third-order valence-electron chi connectivity index (χ3n) is 4.78. The van der Waals surface area contributed by atoms with Crippen LogP contribution in [-0.4, -0.2) is 17.6 Å². The molecule has 2 amide bonds. The first-order valence-electron chi connectivity index (χ1n) is 9.29. The van der Waals surface area contributed by atoms with Gasteiger partial charge in [0.15, 0.2) is 0 Å². The molecular weight excluding hydrogens is 406 g/mol. The minimum absolute atomic E-state index is 0.0329. The Hall–Kier alpha value is -3.19. The van der Waals surface area contributed by atoms with Crippen LogP contribution in [0.5, 0.6) is 0 Å². The number of rotatable bonds is 4. The van der Waals surface area contributed by atoms with Gasteiger partial charge in [-0.15, -0.1) is 11.8 Å². The number of anilines is 2. The van der Waals surface area contributed by atoms with Crippen molar-refractivity contribution >= 4 is 35.0 Å². The molecule has 0 spiro atoms. The van der Waals surface area contributed by atoms with Crippen molar-refractivity contribution in [1.82, 2.24) is 0 Å². The molecule has 1 heterocycles. The largest absolute Gasteiger partial charge is 0.322 e. The molecule has 0 saturated carbocycles. The highest BCUT2D eigenvalue weighted by Gasteiger charge is 2.35. The topological polar surface area (TPSA) is 49.4 Å². The molecule has 3 aromatic rings. The Balaban J connectivity index is 1.60. The highest BCUT2D eigenvalue weighted by molar-refractivity contribution is 8.00. The van der Waals surface area contributed by atoms with Crippen LogP contribution in [0.15, 0.2) is 66.7 Å². The summed E-state index contributed by atoms with van der Waals surface area (Å²) in [6, 6.07) is 17.5. The van der Waals surface area contributed by atoms with Gasteiger partial charge in [-0.2, -0.15) is 0 Å². The summed E-state index contributed by atoms with van der Waals surface area (Å²) in [4.78, 5) is 26.3. The molecule has 1 saturated heterocycles. The third kappa shape index (κ3) is 4.07. The van der Waals surface area contributed by atoms with Crippen molar-refractivity contribution in [1.29, 1.82) is 0 Å². The smallest absolute Gasteiger partial charge is 0.255 e. The molecule has 0 aliphatic carbocycles. The number of benzene rings is 3. The van der Waals surface area contributed by atoms with Crippen LogP contribution >= 0.6 is 11.8 Å². The predicted molar refractivity (Wildman–Crippen MR) is 115 cm³/mol. The van der Waals surface area contributed by atoms with Gasteiger partial charge in [0, 0.05) is 17.3 Å². The number of nitrogens with one attached hydrogen (secondary N) is 1. The van der Waals surface area contributed by atoms with Crippen LogP contribution in [0.4, 0.5) is 20.2 Å². The Bertz CT molecular complexity index is 1120. The van der Waals surface area contributed by atoms with E-state index in [1.54, 1.807) is 30.3 Å². The van der Waals surface area contributed by atoms with Crippen molar-refractivity contribution in [3.63, 3.8) is 0 Å². The molecule has 30 heavy (non-hydrogen) atoms. The third-order valence-corrected chi connectivity index (χ3v) is 5.99. The van der Waals surface area contributed by atoms with Crippen LogP contribution in [0.2, 0.25) is 0 Å². The summed E-state index contributed by atoms with van der Waals surface area (Å²) in [6.07, 6.45) is 0. The number of hydrogen-bond donors (Lipinski definition) is 1. The lowest BCUT2D eigenvalue weighted by atomic mass is 10.1. The van der Waals surface area contributed by atoms with Crippen molar-refractivity contribution in [2.45, 2.75) is 12.3 Å². The Kier molecular flexibility index (Phi) is 5.55. The van der Waals surface area contributed by atoms with Gasteiger partial charge in [0.05, 0.1) is 11.4 Å². The highest BCUT2D eigenvalue weighted by atomic mass is 32.2. The molecule has 0 bridgehead atoms. The number of amides is 2. The maximum Gasteiger partial charge on any atom is 0.255 e. The molecule has 4 nitrogen and oxygen atoms in total. The molecule has 1 fully saturated rings. The molecule has 0 aromatic heterocycles. The number of halogens is 2. The summed E-state index contributed by atoms with van der Waals surface area (Å²) in [6.45, 7) is 1.95. The van der Waals surface area contributed by atoms with E-state index in [1.807, 2.05) is 25.1 Å². The minimum atomic E-state index is -0.792. The Morgan fingerprint density at radius 1 is 1.07 bits per heavy atom. The van der Waals surface area contributed by atoms with Crippen LogP contribution in [0.25, 0.3) is 0 Å². The summed E-state index contributed by atoms with van der Waals surface area (Å²) in [5.74, 6) is -1.82. The van der Waals surface area contributed by atoms with Crippen LogP contribution < -0.4 is 10.2 Å². The summed E-state index contributed by atoms with van der Waals surface area (Å²) in [5, 5.41) is 2.37. The summed E-state index contributed by atoms with van der Waals surface area (Å²) >= 11 is 1.35. The first-order valence-corrected chi connectivity index (χ1v) is 10.3. The SMILES string of the molecule is Cc1ccc(C(=O)Nc2cccc(C3SCC(=O)N3c3ccc(F)cc3F)c2)cc1. The molecule has 4 rings (SSSR count). The van der Waals surface area contributed by atoms with Crippen molar-refractivity contribution < 1.29 is 18.4 Å². The van der Waals surface area contributed by atoms with Crippen molar-refractivity contribution in [3.8, 4) is 0 Å². The van der Waals surface area contributed by atoms with E-state index in [2.05, 4.69) is 5.32 Å². The maximum atomic E-state index is 14.3.